The van der Waals surface area contributed by atoms with Crippen LogP contribution in [0.2, 0.25) is 10.0 Å². The van der Waals surface area contributed by atoms with Gasteiger partial charge < -0.3 is 18.9 Å². The number of halogens is 2. The summed E-state index contributed by atoms with van der Waals surface area (Å²) in [5, 5.41) is 5.00. The number of hydrogen-bond acceptors (Lipinski definition) is 6. The molecule has 0 fully saturated rings. The van der Waals surface area contributed by atoms with Crippen LogP contribution < -0.4 is 24.4 Å². The van der Waals surface area contributed by atoms with Gasteiger partial charge in [0.15, 0.2) is 29.6 Å². The van der Waals surface area contributed by atoms with Gasteiger partial charge in [0.2, 0.25) is 0 Å². The van der Waals surface area contributed by atoms with E-state index in [0.717, 1.165) is 0 Å². The number of nitrogens with zero attached hydrogens (tertiary/aromatic N) is 1. The Morgan fingerprint density at radius 1 is 0.879 bits per heavy atom. The Hall–Kier alpha value is -3.42. The van der Waals surface area contributed by atoms with Crippen molar-refractivity contribution in [2.45, 2.75) is 6.61 Å². The predicted octanol–water partition coefficient (Wildman–Crippen LogP) is 5.12. The zero-order valence-corrected chi connectivity index (χ0v) is 19.5. The van der Waals surface area contributed by atoms with Crippen molar-refractivity contribution in [3.05, 3.63) is 81.8 Å². The maximum atomic E-state index is 12.0. The van der Waals surface area contributed by atoms with Crippen molar-refractivity contribution < 1.29 is 23.7 Å². The molecule has 0 bridgehead atoms. The van der Waals surface area contributed by atoms with Crippen molar-refractivity contribution in [1.29, 1.82) is 0 Å². The standard InChI is InChI=1S/C24H22Cl2N2O5/c1-30-20-8-3-4-9-21(20)33-15-24(29)28-27-13-16-10-11-22(23(12-16)31-2)32-14-17-18(25)6-5-7-19(17)26/h3-13H,14-15H2,1-2H3,(H,28,29)/b27-13+. The molecule has 3 aromatic carbocycles. The number of para-hydroxylation sites is 2. The summed E-state index contributed by atoms with van der Waals surface area (Å²) < 4.78 is 21.9. The zero-order chi connectivity index (χ0) is 23.6. The molecule has 0 heterocycles. The van der Waals surface area contributed by atoms with E-state index in [9.17, 15) is 4.79 Å². The van der Waals surface area contributed by atoms with Crippen LogP contribution in [-0.2, 0) is 11.4 Å². The van der Waals surface area contributed by atoms with Gasteiger partial charge in [-0.2, -0.15) is 5.10 Å². The van der Waals surface area contributed by atoms with Crippen LogP contribution in [0.1, 0.15) is 11.1 Å². The SMILES string of the molecule is COc1ccccc1OCC(=O)N/N=C/c1ccc(OCc2c(Cl)cccc2Cl)c(OC)c1. The predicted molar refractivity (Wildman–Crippen MR) is 128 cm³/mol. The topological polar surface area (TPSA) is 78.4 Å². The Morgan fingerprint density at radius 3 is 2.24 bits per heavy atom. The maximum Gasteiger partial charge on any atom is 0.277 e. The molecule has 3 aromatic rings. The number of ether oxygens (including phenoxy) is 4. The van der Waals surface area contributed by atoms with Crippen LogP contribution in [0, 0.1) is 0 Å². The minimum Gasteiger partial charge on any atom is -0.493 e. The molecule has 9 heteroatoms. The smallest absolute Gasteiger partial charge is 0.277 e. The van der Waals surface area contributed by atoms with E-state index in [1.54, 1.807) is 54.6 Å². The summed E-state index contributed by atoms with van der Waals surface area (Å²) >= 11 is 12.4. The summed E-state index contributed by atoms with van der Waals surface area (Å²) in [6, 6.07) is 17.6. The Bertz CT molecular complexity index is 1120. The quantitative estimate of drug-likeness (QED) is 0.316. The third kappa shape index (κ3) is 6.78. The van der Waals surface area contributed by atoms with Gasteiger partial charge in [-0.15, -0.1) is 0 Å². The van der Waals surface area contributed by atoms with Crippen molar-refractivity contribution in [1.82, 2.24) is 5.43 Å². The molecule has 0 aliphatic heterocycles. The van der Waals surface area contributed by atoms with Gasteiger partial charge in [0.1, 0.15) is 6.61 Å². The van der Waals surface area contributed by atoms with E-state index in [1.165, 1.54) is 20.4 Å². The molecule has 0 saturated carbocycles. The summed E-state index contributed by atoms with van der Waals surface area (Å²) in [5.74, 6) is 1.60. The van der Waals surface area contributed by atoms with Crippen molar-refractivity contribution >= 4 is 35.3 Å². The molecule has 0 aliphatic rings. The number of methoxy groups -OCH3 is 2. The first-order chi connectivity index (χ1) is 16.0. The second-order valence-corrected chi connectivity index (χ2v) is 7.45. The molecular weight excluding hydrogens is 467 g/mol. The van der Waals surface area contributed by atoms with Crippen LogP contribution in [0.4, 0.5) is 0 Å². The third-order valence-electron chi connectivity index (χ3n) is 4.45. The Morgan fingerprint density at radius 2 is 1.55 bits per heavy atom. The number of hydrazone groups is 1. The highest BCUT2D eigenvalue weighted by molar-refractivity contribution is 6.35. The average Bonchev–Trinajstić information content (AvgIpc) is 2.83. The van der Waals surface area contributed by atoms with E-state index in [0.29, 0.717) is 44.2 Å². The van der Waals surface area contributed by atoms with E-state index in [2.05, 4.69) is 10.5 Å². The molecule has 0 atom stereocenters. The summed E-state index contributed by atoms with van der Waals surface area (Å²) in [4.78, 5) is 12.0. The van der Waals surface area contributed by atoms with E-state index >= 15 is 0 Å². The molecular formula is C24H22Cl2N2O5. The zero-order valence-electron chi connectivity index (χ0n) is 18.0. The highest BCUT2D eigenvalue weighted by Crippen LogP contribution is 2.31. The van der Waals surface area contributed by atoms with Gasteiger partial charge >= 0.3 is 0 Å². The van der Waals surface area contributed by atoms with Crippen molar-refractivity contribution in [2.75, 3.05) is 20.8 Å². The summed E-state index contributed by atoms with van der Waals surface area (Å²) in [6.45, 7) is -0.0248. The fourth-order valence-corrected chi connectivity index (χ4v) is 3.30. The maximum absolute atomic E-state index is 12.0. The summed E-state index contributed by atoms with van der Waals surface area (Å²) in [7, 11) is 3.06. The molecule has 1 N–H and O–H groups in total. The average molecular weight is 489 g/mol. The van der Waals surface area contributed by atoms with Gasteiger partial charge in [0.25, 0.3) is 5.91 Å². The molecule has 0 unspecified atom stereocenters. The van der Waals surface area contributed by atoms with Crippen molar-refractivity contribution in [3.8, 4) is 23.0 Å². The molecule has 172 valence electrons. The number of hydrogen-bond donors (Lipinski definition) is 1. The van der Waals surface area contributed by atoms with Gasteiger partial charge in [-0.3, -0.25) is 4.79 Å². The normalized spacial score (nSPS) is 10.7. The third-order valence-corrected chi connectivity index (χ3v) is 5.16. The van der Waals surface area contributed by atoms with Gasteiger partial charge in [-0.25, -0.2) is 5.43 Å². The fourth-order valence-electron chi connectivity index (χ4n) is 2.80. The Labute approximate surface area is 201 Å². The number of nitrogens with one attached hydrogen (secondary N) is 1. The first-order valence-corrected chi connectivity index (χ1v) is 10.6. The van der Waals surface area contributed by atoms with Gasteiger partial charge in [0.05, 0.1) is 20.4 Å². The molecule has 0 spiro atoms. The minimum atomic E-state index is -0.416. The molecule has 0 saturated heterocycles. The van der Waals surface area contributed by atoms with Crippen LogP contribution >= 0.6 is 23.2 Å². The lowest BCUT2D eigenvalue weighted by Crippen LogP contribution is -2.24. The fraction of sp³-hybridized carbons (Fsp3) is 0.167. The molecule has 3 rings (SSSR count). The molecule has 0 aliphatic carbocycles. The van der Waals surface area contributed by atoms with E-state index in [1.807, 2.05) is 6.07 Å². The van der Waals surface area contributed by atoms with Crippen LogP contribution in [0.15, 0.2) is 65.8 Å². The van der Waals surface area contributed by atoms with Crippen molar-refractivity contribution in [3.63, 3.8) is 0 Å². The van der Waals surface area contributed by atoms with E-state index < -0.39 is 5.91 Å². The lowest BCUT2D eigenvalue weighted by molar-refractivity contribution is -0.123. The second-order valence-electron chi connectivity index (χ2n) is 6.63. The van der Waals surface area contributed by atoms with Crippen LogP contribution in [0.3, 0.4) is 0 Å². The molecule has 0 radical (unpaired) electrons. The van der Waals surface area contributed by atoms with Crippen LogP contribution in [-0.4, -0.2) is 32.9 Å². The Balaban J connectivity index is 1.56. The number of amides is 1. The molecule has 1 amide bonds. The van der Waals surface area contributed by atoms with Gasteiger partial charge in [0, 0.05) is 15.6 Å². The highest BCUT2D eigenvalue weighted by Gasteiger charge is 2.10. The Kier molecular flexibility index (Phi) is 8.80. The lowest BCUT2D eigenvalue weighted by Gasteiger charge is -2.13. The monoisotopic (exact) mass is 488 g/mol. The minimum absolute atomic E-state index is 0.185. The molecule has 0 aromatic heterocycles. The van der Waals surface area contributed by atoms with Gasteiger partial charge in [-0.1, -0.05) is 41.4 Å². The van der Waals surface area contributed by atoms with Gasteiger partial charge in [-0.05, 0) is 48.0 Å². The lowest BCUT2D eigenvalue weighted by atomic mass is 10.2. The largest absolute Gasteiger partial charge is 0.493 e. The number of carbonyl (C=O) groups is 1. The molecule has 7 nitrogen and oxygen atoms in total. The second kappa shape index (κ2) is 12.0. The number of carbonyl (C=O) groups excluding carboxylic acids is 1. The number of rotatable bonds is 10. The van der Waals surface area contributed by atoms with Crippen LogP contribution in [0.5, 0.6) is 23.0 Å². The highest BCUT2D eigenvalue weighted by atomic mass is 35.5. The summed E-state index contributed by atoms with van der Waals surface area (Å²) in [5.41, 5.74) is 3.80. The van der Waals surface area contributed by atoms with E-state index in [4.69, 9.17) is 42.1 Å². The number of benzene rings is 3. The first-order valence-electron chi connectivity index (χ1n) is 9.83. The van der Waals surface area contributed by atoms with E-state index in [-0.39, 0.29) is 13.2 Å². The molecule has 33 heavy (non-hydrogen) atoms. The van der Waals surface area contributed by atoms with Crippen molar-refractivity contribution in [2.24, 2.45) is 5.10 Å². The first kappa shape index (κ1) is 24.2. The summed E-state index contributed by atoms with van der Waals surface area (Å²) in [6.07, 6.45) is 1.48. The van der Waals surface area contributed by atoms with Crippen LogP contribution in [0.25, 0.3) is 0 Å².